The van der Waals surface area contributed by atoms with Crippen LogP contribution in [0.2, 0.25) is 0 Å². The highest BCUT2D eigenvalue weighted by atomic mass is 16.2. The summed E-state index contributed by atoms with van der Waals surface area (Å²) in [6.07, 6.45) is 0.405. The van der Waals surface area contributed by atoms with E-state index >= 15 is 0 Å². The van der Waals surface area contributed by atoms with Crippen LogP contribution in [0, 0.1) is 5.92 Å². The lowest BCUT2D eigenvalue weighted by Gasteiger charge is -2.19. The number of rotatable bonds is 3. The second kappa shape index (κ2) is 5.34. The number of azide groups is 1. The summed E-state index contributed by atoms with van der Waals surface area (Å²) >= 11 is 0. The normalized spacial score (nSPS) is 18.0. The highest BCUT2D eigenvalue weighted by molar-refractivity contribution is 6.09. The van der Waals surface area contributed by atoms with E-state index in [0.29, 0.717) is 25.2 Å². The maximum atomic E-state index is 12.3. The molecule has 0 bridgehead atoms. The first-order valence-electron chi connectivity index (χ1n) is 6.79. The molecule has 21 heavy (non-hydrogen) atoms. The van der Waals surface area contributed by atoms with Gasteiger partial charge in [-0.25, -0.2) is 0 Å². The molecule has 1 amide bonds. The molecule has 1 aliphatic rings. The van der Waals surface area contributed by atoms with Gasteiger partial charge in [0.15, 0.2) is 0 Å². The van der Waals surface area contributed by atoms with Gasteiger partial charge in [-0.05, 0) is 29.0 Å². The van der Waals surface area contributed by atoms with Crippen molar-refractivity contribution in [1.29, 1.82) is 0 Å². The van der Waals surface area contributed by atoms with E-state index in [9.17, 15) is 4.79 Å². The van der Waals surface area contributed by atoms with E-state index in [2.05, 4.69) is 10.0 Å². The van der Waals surface area contributed by atoms with E-state index < -0.39 is 0 Å². The number of nitrogen functional groups attached to an aromatic ring is 1. The lowest BCUT2D eigenvalue weighted by atomic mass is 10.1. The number of amides is 1. The molecular formula is C15H15N5O. The first kappa shape index (κ1) is 13.3. The van der Waals surface area contributed by atoms with Crippen LogP contribution in [0.5, 0.6) is 0 Å². The molecule has 0 aliphatic carbocycles. The number of hydrogen-bond donors (Lipinski definition) is 1. The van der Waals surface area contributed by atoms with Crippen LogP contribution in [0.25, 0.3) is 21.2 Å². The van der Waals surface area contributed by atoms with Crippen molar-refractivity contribution in [1.82, 2.24) is 0 Å². The molecule has 0 aromatic heterocycles. The standard InChI is InChI=1S/C15H15N5O/c16-12-5-1-3-11-4-2-6-13(15(11)12)20-9-10(7-14(20)21)8-18-19-17/h1-6,10H,7-9,16H2. The molecule has 1 fully saturated rings. The van der Waals surface area contributed by atoms with Crippen molar-refractivity contribution >= 4 is 28.1 Å². The third-order valence-corrected chi connectivity index (χ3v) is 3.81. The second-order valence-corrected chi connectivity index (χ2v) is 5.21. The van der Waals surface area contributed by atoms with E-state index in [1.807, 2.05) is 36.4 Å². The summed E-state index contributed by atoms with van der Waals surface area (Å²) in [6.45, 7) is 0.907. The molecule has 106 valence electrons. The fourth-order valence-electron chi connectivity index (χ4n) is 2.86. The van der Waals surface area contributed by atoms with Gasteiger partial charge in [-0.2, -0.15) is 0 Å². The highest BCUT2D eigenvalue weighted by Gasteiger charge is 2.31. The minimum atomic E-state index is 0.0453. The maximum absolute atomic E-state index is 12.3. The van der Waals surface area contributed by atoms with Crippen LogP contribution in [0.15, 0.2) is 41.5 Å². The Morgan fingerprint density at radius 2 is 2.10 bits per heavy atom. The molecule has 2 aromatic rings. The minimum Gasteiger partial charge on any atom is -0.398 e. The first-order chi connectivity index (χ1) is 10.2. The fourth-order valence-corrected chi connectivity index (χ4v) is 2.86. The molecular weight excluding hydrogens is 266 g/mol. The van der Waals surface area contributed by atoms with Crippen molar-refractivity contribution in [3.8, 4) is 0 Å². The van der Waals surface area contributed by atoms with Gasteiger partial charge in [-0.3, -0.25) is 4.79 Å². The summed E-state index contributed by atoms with van der Waals surface area (Å²) in [4.78, 5) is 16.8. The van der Waals surface area contributed by atoms with E-state index in [1.54, 1.807) is 4.90 Å². The molecule has 0 radical (unpaired) electrons. The number of anilines is 2. The summed E-state index contributed by atoms with van der Waals surface area (Å²) in [7, 11) is 0. The summed E-state index contributed by atoms with van der Waals surface area (Å²) in [6, 6.07) is 11.5. The van der Waals surface area contributed by atoms with Crippen LogP contribution in [0.4, 0.5) is 11.4 Å². The van der Waals surface area contributed by atoms with Crippen molar-refractivity contribution in [2.45, 2.75) is 6.42 Å². The Bertz CT molecular complexity index is 746. The van der Waals surface area contributed by atoms with Crippen molar-refractivity contribution in [3.05, 3.63) is 46.8 Å². The first-order valence-corrected chi connectivity index (χ1v) is 6.79. The number of benzene rings is 2. The Labute approximate surface area is 121 Å². The second-order valence-electron chi connectivity index (χ2n) is 5.21. The van der Waals surface area contributed by atoms with Crippen LogP contribution in [0.1, 0.15) is 6.42 Å². The van der Waals surface area contributed by atoms with Crippen LogP contribution in [-0.2, 0) is 4.79 Å². The van der Waals surface area contributed by atoms with E-state index in [4.69, 9.17) is 11.3 Å². The van der Waals surface area contributed by atoms with Gasteiger partial charge in [0.25, 0.3) is 0 Å². The molecule has 1 heterocycles. The zero-order valence-electron chi connectivity index (χ0n) is 11.4. The van der Waals surface area contributed by atoms with Gasteiger partial charge in [0.05, 0.1) is 5.69 Å². The Hall–Kier alpha value is -2.72. The summed E-state index contributed by atoms with van der Waals surface area (Å²) in [5.74, 6) is 0.109. The molecule has 1 saturated heterocycles. The molecule has 0 saturated carbocycles. The predicted molar refractivity (Wildman–Crippen MR) is 82.8 cm³/mol. The fraction of sp³-hybridized carbons (Fsp3) is 0.267. The average molecular weight is 281 g/mol. The molecule has 6 nitrogen and oxygen atoms in total. The van der Waals surface area contributed by atoms with E-state index in [0.717, 1.165) is 16.5 Å². The van der Waals surface area contributed by atoms with Gasteiger partial charge < -0.3 is 10.6 Å². The van der Waals surface area contributed by atoms with Crippen molar-refractivity contribution < 1.29 is 4.79 Å². The molecule has 1 aliphatic heterocycles. The maximum Gasteiger partial charge on any atom is 0.227 e. The number of nitrogens with zero attached hydrogens (tertiary/aromatic N) is 4. The molecule has 1 unspecified atom stereocenters. The zero-order valence-corrected chi connectivity index (χ0v) is 11.4. The van der Waals surface area contributed by atoms with Gasteiger partial charge in [0.1, 0.15) is 0 Å². The molecule has 2 N–H and O–H groups in total. The number of carbonyl (C=O) groups excluding carboxylic acids is 1. The van der Waals surface area contributed by atoms with Crippen molar-refractivity contribution in [2.75, 3.05) is 23.7 Å². The molecule has 3 rings (SSSR count). The van der Waals surface area contributed by atoms with E-state index in [-0.39, 0.29) is 11.8 Å². The Morgan fingerprint density at radius 3 is 2.86 bits per heavy atom. The van der Waals surface area contributed by atoms with Crippen molar-refractivity contribution in [2.24, 2.45) is 11.0 Å². The third kappa shape index (κ3) is 2.37. The van der Waals surface area contributed by atoms with Gasteiger partial charge in [0, 0.05) is 35.5 Å². The molecule has 2 aromatic carbocycles. The summed E-state index contributed by atoms with van der Waals surface area (Å²) in [5.41, 5.74) is 16.0. The Kier molecular flexibility index (Phi) is 3.38. The molecule has 0 spiro atoms. The smallest absolute Gasteiger partial charge is 0.227 e. The largest absolute Gasteiger partial charge is 0.398 e. The van der Waals surface area contributed by atoms with E-state index in [1.165, 1.54) is 0 Å². The lowest BCUT2D eigenvalue weighted by molar-refractivity contribution is -0.117. The van der Waals surface area contributed by atoms with Crippen LogP contribution >= 0.6 is 0 Å². The quantitative estimate of drug-likeness (QED) is 0.405. The number of hydrogen-bond acceptors (Lipinski definition) is 3. The number of nitrogens with two attached hydrogens (primary N) is 1. The third-order valence-electron chi connectivity index (χ3n) is 3.81. The minimum absolute atomic E-state index is 0.0453. The van der Waals surface area contributed by atoms with Crippen LogP contribution in [-0.4, -0.2) is 19.0 Å². The summed E-state index contributed by atoms with van der Waals surface area (Å²) < 4.78 is 0. The van der Waals surface area contributed by atoms with Crippen LogP contribution < -0.4 is 10.6 Å². The van der Waals surface area contributed by atoms with Crippen LogP contribution in [0.3, 0.4) is 0 Å². The van der Waals surface area contributed by atoms with Gasteiger partial charge in [-0.1, -0.05) is 29.4 Å². The zero-order chi connectivity index (χ0) is 14.8. The monoisotopic (exact) mass is 281 g/mol. The average Bonchev–Trinajstić information content (AvgIpc) is 2.86. The van der Waals surface area contributed by atoms with Gasteiger partial charge >= 0.3 is 0 Å². The Morgan fingerprint density at radius 1 is 1.33 bits per heavy atom. The lowest BCUT2D eigenvalue weighted by Crippen LogP contribution is -2.25. The number of fused-ring (bicyclic) bond motifs is 1. The van der Waals surface area contributed by atoms with Crippen molar-refractivity contribution in [3.63, 3.8) is 0 Å². The Balaban J connectivity index is 2.01. The van der Waals surface area contributed by atoms with Gasteiger partial charge in [0.2, 0.25) is 5.91 Å². The molecule has 6 heteroatoms. The van der Waals surface area contributed by atoms with Gasteiger partial charge in [-0.15, -0.1) is 0 Å². The topological polar surface area (TPSA) is 95.1 Å². The predicted octanol–water partition coefficient (Wildman–Crippen LogP) is 3.09. The summed E-state index contributed by atoms with van der Waals surface area (Å²) in [5, 5.41) is 5.49. The highest BCUT2D eigenvalue weighted by Crippen LogP contribution is 2.34. The number of carbonyl (C=O) groups is 1. The molecule has 1 atom stereocenters. The SMILES string of the molecule is [N-]=[N+]=NCC1CC(=O)N(c2cccc3cccc(N)c23)C1.